The lowest BCUT2D eigenvalue weighted by atomic mass is 10.0. The second-order valence-corrected chi connectivity index (χ2v) is 6.43. The summed E-state index contributed by atoms with van der Waals surface area (Å²) >= 11 is 0. The Balaban J connectivity index is 1.46. The molecule has 3 aromatic rings. The molecule has 1 atom stereocenters. The van der Waals surface area contributed by atoms with Crippen molar-refractivity contribution in [1.29, 1.82) is 0 Å². The minimum Gasteiger partial charge on any atom is -0.497 e. The van der Waals surface area contributed by atoms with E-state index in [-0.39, 0.29) is 0 Å². The van der Waals surface area contributed by atoms with Gasteiger partial charge in [0.2, 0.25) is 0 Å². The highest BCUT2D eigenvalue weighted by Crippen LogP contribution is 2.28. The molecule has 0 bridgehead atoms. The number of hydrogen-bond donors (Lipinski definition) is 1. The van der Waals surface area contributed by atoms with Crippen LogP contribution >= 0.6 is 0 Å². The van der Waals surface area contributed by atoms with Crippen molar-refractivity contribution in [3.63, 3.8) is 0 Å². The van der Waals surface area contributed by atoms with Crippen molar-refractivity contribution < 1.29 is 4.74 Å². The van der Waals surface area contributed by atoms with E-state index in [0.717, 1.165) is 42.9 Å². The van der Waals surface area contributed by atoms with Gasteiger partial charge in [0, 0.05) is 24.7 Å². The Hall–Kier alpha value is -2.73. The number of aromatic nitrogens is 3. The van der Waals surface area contributed by atoms with Crippen LogP contribution in [0.1, 0.15) is 23.6 Å². The highest BCUT2D eigenvalue weighted by Gasteiger charge is 2.25. The molecule has 1 aliphatic heterocycles. The van der Waals surface area contributed by atoms with E-state index in [9.17, 15) is 0 Å². The van der Waals surface area contributed by atoms with Crippen LogP contribution < -0.4 is 10.5 Å². The molecule has 3 heterocycles. The van der Waals surface area contributed by atoms with E-state index in [4.69, 9.17) is 15.5 Å². The largest absolute Gasteiger partial charge is 0.497 e. The normalized spacial score (nSPS) is 17.9. The van der Waals surface area contributed by atoms with Gasteiger partial charge in [0.05, 0.1) is 12.5 Å². The molecular formula is C19H21N5O. The SMILES string of the molecule is COc1ccc(CN2CCC(c3ccc4c(N)ncnc4n3)C2)cc1. The fourth-order valence-corrected chi connectivity index (χ4v) is 3.41. The number of methoxy groups -OCH3 is 1. The number of likely N-dealkylation sites (tertiary alicyclic amines) is 1. The lowest BCUT2D eigenvalue weighted by Gasteiger charge is -2.16. The summed E-state index contributed by atoms with van der Waals surface area (Å²) in [7, 11) is 1.69. The zero-order valence-electron chi connectivity index (χ0n) is 14.2. The molecule has 128 valence electrons. The van der Waals surface area contributed by atoms with E-state index in [0.29, 0.717) is 17.4 Å². The molecule has 0 amide bonds. The second kappa shape index (κ2) is 6.64. The van der Waals surface area contributed by atoms with Gasteiger partial charge in [0.25, 0.3) is 0 Å². The highest BCUT2D eigenvalue weighted by atomic mass is 16.5. The molecule has 25 heavy (non-hydrogen) atoms. The number of anilines is 1. The van der Waals surface area contributed by atoms with Crippen molar-refractivity contribution in [2.24, 2.45) is 0 Å². The van der Waals surface area contributed by atoms with Crippen LogP contribution in [0.5, 0.6) is 5.75 Å². The Bertz CT molecular complexity index is 881. The minimum absolute atomic E-state index is 0.429. The molecule has 0 saturated carbocycles. The highest BCUT2D eigenvalue weighted by molar-refractivity contribution is 5.84. The molecule has 0 radical (unpaired) electrons. The summed E-state index contributed by atoms with van der Waals surface area (Å²) in [6.45, 7) is 3.02. The molecule has 1 saturated heterocycles. The van der Waals surface area contributed by atoms with Crippen molar-refractivity contribution in [2.75, 3.05) is 25.9 Å². The fourth-order valence-electron chi connectivity index (χ4n) is 3.41. The number of benzene rings is 1. The first-order valence-corrected chi connectivity index (χ1v) is 8.45. The third kappa shape index (κ3) is 3.25. The van der Waals surface area contributed by atoms with Crippen LogP contribution in [0.4, 0.5) is 5.82 Å². The van der Waals surface area contributed by atoms with Crippen LogP contribution in [0.15, 0.2) is 42.7 Å². The molecule has 0 aliphatic carbocycles. The smallest absolute Gasteiger partial charge is 0.164 e. The summed E-state index contributed by atoms with van der Waals surface area (Å²) in [6, 6.07) is 12.3. The van der Waals surface area contributed by atoms with Gasteiger partial charge in [-0.25, -0.2) is 15.0 Å². The lowest BCUT2D eigenvalue weighted by Crippen LogP contribution is -2.19. The Morgan fingerprint density at radius 1 is 1.16 bits per heavy atom. The summed E-state index contributed by atoms with van der Waals surface area (Å²) in [6.07, 6.45) is 2.58. The molecule has 1 unspecified atom stereocenters. The summed E-state index contributed by atoms with van der Waals surface area (Å²) in [5.74, 6) is 1.81. The number of ether oxygens (including phenoxy) is 1. The first kappa shape index (κ1) is 15.8. The summed E-state index contributed by atoms with van der Waals surface area (Å²) in [5, 5.41) is 0.819. The van der Waals surface area contributed by atoms with E-state index in [1.165, 1.54) is 11.9 Å². The van der Waals surface area contributed by atoms with Crippen molar-refractivity contribution in [1.82, 2.24) is 19.9 Å². The van der Waals surface area contributed by atoms with E-state index in [2.05, 4.69) is 33.1 Å². The monoisotopic (exact) mass is 335 g/mol. The van der Waals surface area contributed by atoms with Crippen LogP contribution in [0, 0.1) is 0 Å². The van der Waals surface area contributed by atoms with Gasteiger partial charge >= 0.3 is 0 Å². The average Bonchev–Trinajstić information content (AvgIpc) is 3.11. The number of pyridine rings is 1. The first-order valence-electron chi connectivity index (χ1n) is 8.45. The Kier molecular flexibility index (Phi) is 4.19. The molecule has 2 N–H and O–H groups in total. The topological polar surface area (TPSA) is 77.2 Å². The Morgan fingerprint density at radius 3 is 2.80 bits per heavy atom. The number of fused-ring (bicyclic) bond motifs is 1. The van der Waals surface area contributed by atoms with Crippen LogP contribution in [0.3, 0.4) is 0 Å². The number of rotatable bonds is 4. The molecule has 0 spiro atoms. The van der Waals surface area contributed by atoms with Crippen molar-refractivity contribution in [2.45, 2.75) is 18.9 Å². The predicted octanol–water partition coefficient (Wildman–Crippen LogP) is 2.61. The fraction of sp³-hybridized carbons (Fsp3) is 0.316. The van der Waals surface area contributed by atoms with Gasteiger partial charge in [0.15, 0.2) is 5.65 Å². The first-order chi connectivity index (χ1) is 12.2. The van der Waals surface area contributed by atoms with E-state index in [1.54, 1.807) is 7.11 Å². The van der Waals surface area contributed by atoms with Gasteiger partial charge in [-0.3, -0.25) is 4.90 Å². The molecule has 1 aromatic carbocycles. The van der Waals surface area contributed by atoms with Gasteiger partial charge in [-0.2, -0.15) is 0 Å². The zero-order valence-corrected chi connectivity index (χ0v) is 14.2. The van der Waals surface area contributed by atoms with Gasteiger partial charge in [-0.15, -0.1) is 0 Å². The summed E-state index contributed by atoms with van der Waals surface area (Å²) in [5.41, 5.74) is 8.94. The minimum atomic E-state index is 0.429. The molecule has 6 nitrogen and oxygen atoms in total. The van der Waals surface area contributed by atoms with Crippen LogP contribution in [0.2, 0.25) is 0 Å². The maximum atomic E-state index is 5.88. The van der Waals surface area contributed by atoms with Crippen molar-refractivity contribution >= 4 is 16.9 Å². The maximum Gasteiger partial charge on any atom is 0.164 e. The number of nitrogen functional groups attached to an aromatic ring is 1. The lowest BCUT2D eigenvalue weighted by molar-refractivity contribution is 0.326. The van der Waals surface area contributed by atoms with Gasteiger partial charge in [0.1, 0.15) is 17.9 Å². The van der Waals surface area contributed by atoms with Gasteiger partial charge < -0.3 is 10.5 Å². The molecule has 2 aromatic heterocycles. The average molecular weight is 335 g/mol. The van der Waals surface area contributed by atoms with Gasteiger partial charge in [-0.1, -0.05) is 12.1 Å². The molecule has 4 rings (SSSR count). The molecule has 1 aliphatic rings. The standard InChI is InChI=1S/C19H21N5O/c1-25-15-4-2-13(3-5-15)10-24-9-8-14(11-24)17-7-6-16-18(20)21-12-22-19(16)23-17/h2-7,12,14H,8-11H2,1H3,(H2,20,21,22,23). The summed E-state index contributed by atoms with van der Waals surface area (Å²) in [4.78, 5) is 15.4. The summed E-state index contributed by atoms with van der Waals surface area (Å²) < 4.78 is 5.22. The molecular weight excluding hydrogens is 314 g/mol. The second-order valence-electron chi connectivity index (χ2n) is 6.43. The Labute approximate surface area is 146 Å². The van der Waals surface area contributed by atoms with Crippen LogP contribution in [-0.2, 0) is 6.54 Å². The van der Waals surface area contributed by atoms with Crippen LogP contribution in [0.25, 0.3) is 11.0 Å². The maximum absolute atomic E-state index is 5.88. The van der Waals surface area contributed by atoms with E-state index < -0.39 is 0 Å². The van der Waals surface area contributed by atoms with E-state index in [1.807, 2.05) is 18.2 Å². The van der Waals surface area contributed by atoms with Crippen LogP contribution in [-0.4, -0.2) is 40.1 Å². The molecule has 1 fully saturated rings. The quantitative estimate of drug-likeness (QED) is 0.790. The number of nitrogens with two attached hydrogens (primary N) is 1. The number of hydrogen-bond acceptors (Lipinski definition) is 6. The zero-order chi connectivity index (χ0) is 17.2. The van der Waals surface area contributed by atoms with Crippen molar-refractivity contribution in [3.05, 3.63) is 54.0 Å². The van der Waals surface area contributed by atoms with Gasteiger partial charge in [-0.05, 0) is 42.8 Å². The van der Waals surface area contributed by atoms with E-state index >= 15 is 0 Å². The Morgan fingerprint density at radius 2 is 2.00 bits per heavy atom. The predicted molar refractivity (Wildman–Crippen MR) is 97.4 cm³/mol. The molecule has 6 heteroatoms. The van der Waals surface area contributed by atoms with Crippen molar-refractivity contribution in [3.8, 4) is 5.75 Å². The third-order valence-electron chi connectivity index (χ3n) is 4.81. The number of nitrogens with zero attached hydrogens (tertiary/aromatic N) is 4. The third-order valence-corrected chi connectivity index (χ3v) is 4.81.